The minimum Gasteiger partial charge on any atom is -0.262 e. The zero-order valence-corrected chi connectivity index (χ0v) is 32.8. The first kappa shape index (κ1) is 39.2. The van der Waals surface area contributed by atoms with Crippen LogP contribution in [0.25, 0.3) is 0 Å². The number of sulfonamides is 2. The summed E-state index contributed by atoms with van der Waals surface area (Å²) in [5.74, 6) is 0. The molecule has 276 valence electrons. The van der Waals surface area contributed by atoms with Gasteiger partial charge in [0, 0.05) is 6.54 Å². The molecule has 0 amide bonds. The predicted octanol–water partition coefficient (Wildman–Crippen LogP) is 10.5. The first-order chi connectivity index (χ1) is 25.1. The molecule has 0 bridgehead atoms. The van der Waals surface area contributed by atoms with Gasteiger partial charge < -0.3 is 0 Å². The van der Waals surface area contributed by atoms with Crippen molar-refractivity contribution in [3.05, 3.63) is 154 Å². The molecular weight excluding hydrogens is 685 g/mol. The molecule has 0 aliphatic heterocycles. The Labute approximate surface area is 313 Å². The van der Waals surface area contributed by atoms with Gasteiger partial charge in [-0.25, -0.2) is 16.8 Å². The van der Waals surface area contributed by atoms with E-state index in [1.165, 1.54) is 0 Å². The van der Waals surface area contributed by atoms with Crippen molar-refractivity contribution in [1.29, 1.82) is 0 Å². The molecular formula is C44H54N2O4S2. The van der Waals surface area contributed by atoms with E-state index in [1.54, 1.807) is 32.9 Å². The highest BCUT2D eigenvalue weighted by molar-refractivity contribution is 7.89. The molecule has 0 aromatic heterocycles. The van der Waals surface area contributed by atoms with E-state index in [0.29, 0.717) is 18.5 Å². The molecule has 0 radical (unpaired) electrons. The van der Waals surface area contributed by atoms with Crippen LogP contribution in [0.3, 0.4) is 0 Å². The van der Waals surface area contributed by atoms with Crippen LogP contribution in [0.2, 0.25) is 0 Å². The van der Waals surface area contributed by atoms with E-state index >= 15 is 0 Å². The van der Waals surface area contributed by atoms with Crippen molar-refractivity contribution >= 4 is 20.0 Å². The van der Waals surface area contributed by atoms with Gasteiger partial charge in [0.15, 0.2) is 0 Å². The fourth-order valence-electron chi connectivity index (χ4n) is 6.91. The Hall–Kier alpha value is -3.98. The summed E-state index contributed by atoms with van der Waals surface area (Å²) in [6.45, 7) is 8.49. The van der Waals surface area contributed by atoms with Crippen LogP contribution in [-0.2, 0) is 33.1 Å². The zero-order chi connectivity index (χ0) is 37.1. The van der Waals surface area contributed by atoms with Crippen LogP contribution < -0.4 is 0 Å². The molecule has 0 saturated heterocycles. The maximum absolute atomic E-state index is 15.0. The molecule has 6 nitrogen and oxygen atoms in total. The van der Waals surface area contributed by atoms with Crippen molar-refractivity contribution in [1.82, 2.24) is 8.61 Å². The first-order valence-electron chi connectivity index (χ1n) is 18.8. The lowest BCUT2D eigenvalue weighted by Gasteiger charge is -2.34. The molecule has 1 unspecified atom stereocenters. The van der Waals surface area contributed by atoms with Gasteiger partial charge in [0.1, 0.15) is 0 Å². The molecule has 0 fully saturated rings. The highest BCUT2D eigenvalue weighted by Crippen LogP contribution is 2.42. The van der Waals surface area contributed by atoms with Crippen LogP contribution in [0, 0.1) is 13.8 Å². The molecule has 4 aromatic carbocycles. The van der Waals surface area contributed by atoms with Gasteiger partial charge in [0.2, 0.25) is 10.0 Å². The van der Waals surface area contributed by atoms with Gasteiger partial charge in [0.25, 0.3) is 10.0 Å². The third kappa shape index (κ3) is 9.51. The number of allylic oxidation sites excluding steroid dienone is 1. The quantitative estimate of drug-likeness (QED) is 0.0898. The molecule has 0 spiro atoms. The fraction of sp³-hybridized carbons (Fsp3) is 0.364. The van der Waals surface area contributed by atoms with E-state index in [0.717, 1.165) is 78.3 Å². The maximum atomic E-state index is 15.0. The van der Waals surface area contributed by atoms with E-state index in [4.69, 9.17) is 0 Å². The summed E-state index contributed by atoms with van der Waals surface area (Å²) in [6, 6.07) is 32.8. The van der Waals surface area contributed by atoms with Crippen LogP contribution in [0.15, 0.2) is 142 Å². The second kappa shape index (κ2) is 18.2. The van der Waals surface area contributed by atoms with Gasteiger partial charge in [-0.1, -0.05) is 142 Å². The third-order valence-electron chi connectivity index (χ3n) is 9.84. The number of benzene rings is 4. The van der Waals surface area contributed by atoms with Crippen molar-refractivity contribution in [3.8, 4) is 0 Å². The monoisotopic (exact) mass is 738 g/mol. The largest absolute Gasteiger partial charge is 0.264 e. The predicted molar refractivity (Wildman–Crippen MR) is 212 cm³/mol. The van der Waals surface area contributed by atoms with E-state index in [2.05, 4.69) is 13.8 Å². The molecule has 1 aliphatic carbocycles. The highest BCUT2D eigenvalue weighted by atomic mass is 32.2. The van der Waals surface area contributed by atoms with Crippen molar-refractivity contribution in [3.63, 3.8) is 0 Å². The lowest BCUT2D eigenvalue weighted by atomic mass is 9.95. The normalized spacial score (nSPS) is 14.9. The summed E-state index contributed by atoms with van der Waals surface area (Å²) in [6.07, 6.45) is 10.0. The van der Waals surface area contributed by atoms with E-state index < -0.39 is 26.1 Å². The minimum absolute atomic E-state index is 0.125. The van der Waals surface area contributed by atoms with Gasteiger partial charge in [-0.3, -0.25) is 4.31 Å². The molecule has 1 aliphatic rings. The third-order valence-corrected chi connectivity index (χ3v) is 13.4. The number of hydrogen-bond acceptors (Lipinski definition) is 4. The van der Waals surface area contributed by atoms with Crippen LogP contribution >= 0.6 is 0 Å². The Kier molecular flexibility index (Phi) is 13.7. The zero-order valence-electron chi connectivity index (χ0n) is 31.2. The van der Waals surface area contributed by atoms with Gasteiger partial charge in [-0.15, -0.1) is 0 Å². The molecule has 52 heavy (non-hydrogen) atoms. The molecule has 4 aromatic rings. The SMILES string of the molecule is CCCCCCC1=C(N(Cc2ccccc2)S(=O)(=O)c2ccc(C)cc2)C=C(CCCCC)C1N(Cc1ccccc1)S(=O)(=O)c1ccc(C)cc1. The molecule has 0 heterocycles. The summed E-state index contributed by atoms with van der Waals surface area (Å²) in [5, 5.41) is 0. The lowest BCUT2D eigenvalue weighted by Crippen LogP contribution is -2.42. The first-order valence-corrected chi connectivity index (χ1v) is 21.6. The molecule has 8 heteroatoms. The molecule has 0 N–H and O–H groups in total. The van der Waals surface area contributed by atoms with Crippen LogP contribution in [-0.4, -0.2) is 31.5 Å². The van der Waals surface area contributed by atoms with Gasteiger partial charge in [-0.05, 0) is 92.1 Å². The number of aryl methyl sites for hydroxylation is 2. The minimum atomic E-state index is -4.05. The molecule has 1 atom stereocenters. The topological polar surface area (TPSA) is 74.8 Å². The fourth-order valence-corrected chi connectivity index (χ4v) is 10.00. The summed E-state index contributed by atoms with van der Waals surface area (Å²) in [5.41, 5.74) is 6.06. The summed E-state index contributed by atoms with van der Waals surface area (Å²) >= 11 is 0. The summed E-state index contributed by atoms with van der Waals surface area (Å²) in [4.78, 5) is 0.443. The average Bonchev–Trinajstić information content (AvgIpc) is 3.49. The van der Waals surface area contributed by atoms with Gasteiger partial charge in [-0.2, -0.15) is 4.31 Å². The van der Waals surface area contributed by atoms with E-state index in [1.807, 2.05) is 105 Å². The Morgan fingerprint density at radius 2 is 1.02 bits per heavy atom. The van der Waals surface area contributed by atoms with Crippen molar-refractivity contribution in [2.75, 3.05) is 0 Å². The number of hydrogen-bond donors (Lipinski definition) is 0. The van der Waals surface area contributed by atoms with Crippen LogP contribution in [0.1, 0.15) is 93.9 Å². The molecule has 5 rings (SSSR count). The second-order valence-corrected chi connectivity index (χ2v) is 17.7. The van der Waals surface area contributed by atoms with Crippen molar-refractivity contribution in [2.24, 2.45) is 0 Å². The Balaban J connectivity index is 1.76. The Bertz CT molecular complexity index is 2020. The average molecular weight is 739 g/mol. The second-order valence-electron chi connectivity index (χ2n) is 14.0. The highest BCUT2D eigenvalue weighted by Gasteiger charge is 2.42. The number of nitrogens with zero attached hydrogens (tertiary/aromatic N) is 2. The standard InChI is InChI=1S/C44H54N2O4S2/c1-5-7-9-17-23-42-43(45(33-37-18-13-10-14-19-37)51(47,48)40-28-24-35(3)25-29-40)32-39(22-12-8-6-2)44(42)46(34-38-20-15-11-16-21-38)52(49,50)41-30-26-36(4)27-31-41/h10-11,13-16,18-21,24-32,44H,5-9,12,17,22-23,33-34H2,1-4H3. The Morgan fingerprint density at radius 1 is 0.538 bits per heavy atom. The Morgan fingerprint density at radius 3 is 1.56 bits per heavy atom. The smallest absolute Gasteiger partial charge is 0.262 e. The van der Waals surface area contributed by atoms with E-state index in [9.17, 15) is 16.8 Å². The van der Waals surface area contributed by atoms with Gasteiger partial charge in [0.05, 0.1) is 28.1 Å². The van der Waals surface area contributed by atoms with Gasteiger partial charge >= 0.3 is 0 Å². The number of unbranched alkanes of at least 4 members (excludes halogenated alkanes) is 5. The van der Waals surface area contributed by atoms with E-state index in [-0.39, 0.29) is 22.9 Å². The van der Waals surface area contributed by atoms with Crippen molar-refractivity contribution < 1.29 is 16.8 Å². The maximum Gasteiger partial charge on any atom is 0.264 e. The molecule has 0 saturated carbocycles. The van der Waals surface area contributed by atoms with Crippen LogP contribution in [0.5, 0.6) is 0 Å². The van der Waals surface area contributed by atoms with Crippen molar-refractivity contribution in [2.45, 2.75) is 114 Å². The lowest BCUT2D eigenvalue weighted by molar-refractivity contribution is 0.360. The summed E-state index contributed by atoms with van der Waals surface area (Å²) in [7, 11) is -8.09. The van der Waals surface area contributed by atoms with Crippen LogP contribution in [0.4, 0.5) is 0 Å². The summed E-state index contributed by atoms with van der Waals surface area (Å²) < 4.78 is 62.9. The number of rotatable bonds is 19.